The molecule has 0 bridgehead atoms. The van der Waals surface area contributed by atoms with Gasteiger partial charge in [0.2, 0.25) is 0 Å². The van der Waals surface area contributed by atoms with Gasteiger partial charge in [-0.1, -0.05) is 24.3 Å². The van der Waals surface area contributed by atoms with Crippen LogP contribution in [0.2, 0.25) is 0 Å². The van der Waals surface area contributed by atoms with Crippen LogP contribution in [0.25, 0.3) is 17.0 Å². The maximum Gasteiger partial charge on any atom is 0.417 e. The molecule has 0 saturated carbocycles. The summed E-state index contributed by atoms with van der Waals surface area (Å²) in [5, 5.41) is 12.6. The Kier molecular flexibility index (Phi) is 5.39. The predicted octanol–water partition coefficient (Wildman–Crippen LogP) is 3.91. The van der Waals surface area contributed by atoms with Crippen LogP contribution in [-0.4, -0.2) is 56.8 Å². The lowest BCUT2D eigenvalue weighted by Crippen LogP contribution is -2.49. The quantitative estimate of drug-likeness (QED) is 0.425. The zero-order chi connectivity index (χ0) is 23.9. The molecular formula is C23H18F4N6O. The number of halogens is 4. The van der Waals surface area contributed by atoms with Crippen LogP contribution in [0.1, 0.15) is 15.9 Å². The minimum absolute atomic E-state index is 0.229. The summed E-state index contributed by atoms with van der Waals surface area (Å²) in [6.07, 6.45) is -4.61. The van der Waals surface area contributed by atoms with E-state index in [1.54, 1.807) is 30.3 Å². The molecule has 1 aliphatic rings. The zero-order valence-electron chi connectivity index (χ0n) is 17.7. The van der Waals surface area contributed by atoms with Gasteiger partial charge in [-0.2, -0.15) is 17.7 Å². The van der Waals surface area contributed by atoms with Crippen molar-refractivity contribution >= 4 is 17.4 Å². The Balaban J connectivity index is 1.36. The molecule has 7 nitrogen and oxygen atoms in total. The third kappa shape index (κ3) is 3.93. The molecule has 0 N–H and O–H groups in total. The summed E-state index contributed by atoms with van der Waals surface area (Å²) in [7, 11) is 0. The number of carbonyl (C=O) groups is 1. The summed E-state index contributed by atoms with van der Waals surface area (Å²) in [5.74, 6) is -0.285. The van der Waals surface area contributed by atoms with E-state index in [1.807, 2.05) is 4.90 Å². The van der Waals surface area contributed by atoms with Gasteiger partial charge >= 0.3 is 6.18 Å². The molecule has 0 aliphatic carbocycles. The number of aromatic nitrogens is 4. The molecule has 174 valence electrons. The Labute approximate surface area is 191 Å². The lowest BCUT2D eigenvalue weighted by Gasteiger charge is -2.35. The topological polar surface area (TPSA) is 66.6 Å². The first-order valence-corrected chi connectivity index (χ1v) is 10.5. The number of piperazine rings is 1. The summed E-state index contributed by atoms with van der Waals surface area (Å²) in [4.78, 5) is 16.1. The highest BCUT2D eigenvalue weighted by atomic mass is 19.4. The van der Waals surface area contributed by atoms with E-state index < -0.39 is 23.5 Å². The first kappa shape index (κ1) is 21.8. The molecule has 34 heavy (non-hydrogen) atoms. The number of carbonyl (C=O) groups excluding carboxylic acids is 1. The third-order valence-electron chi connectivity index (χ3n) is 5.72. The number of rotatable bonds is 3. The highest BCUT2D eigenvalue weighted by Gasteiger charge is 2.36. The van der Waals surface area contributed by atoms with E-state index in [2.05, 4.69) is 15.3 Å². The van der Waals surface area contributed by atoms with Crippen molar-refractivity contribution < 1.29 is 22.4 Å². The van der Waals surface area contributed by atoms with Gasteiger partial charge in [-0.15, -0.1) is 15.3 Å². The normalized spacial score (nSPS) is 14.6. The highest BCUT2D eigenvalue weighted by molar-refractivity contribution is 5.96. The molecule has 3 heterocycles. The van der Waals surface area contributed by atoms with E-state index in [9.17, 15) is 22.4 Å². The van der Waals surface area contributed by atoms with Crippen molar-refractivity contribution in [2.75, 3.05) is 31.1 Å². The van der Waals surface area contributed by atoms with Crippen LogP contribution in [0.4, 0.5) is 23.4 Å². The summed E-state index contributed by atoms with van der Waals surface area (Å²) >= 11 is 0. The molecule has 11 heteroatoms. The number of amides is 1. The lowest BCUT2D eigenvalue weighted by atomic mass is 10.1. The Morgan fingerprint density at radius 1 is 0.853 bits per heavy atom. The van der Waals surface area contributed by atoms with Crippen LogP contribution < -0.4 is 4.90 Å². The van der Waals surface area contributed by atoms with E-state index in [4.69, 9.17) is 0 Å². The molecule has 0 radical (unpaired) electrons. The second kappa shape index (κ2) is 8.40. The number of alkyl halides is 3. The minimum atomic E-state index is -4.61. The van der Waals surface area contributed by atoms with Gasteiger partial charge < -0.3 is 9.80 Å². The third-order valence-corrected chi connectivity index (χ3v) is 5.72. The number of anilines is 1. The monoisotopic (exact) mass is 470 g/mol. The molecule has 1 amide bonds. The van der Waals surface area contributed by atoms with Gasteiger partial charge in [0.05, 0.1) is 16.7 Å². The fourth-order valence-electron chi connectivity index (χ4n) is 3.98. The number of fused-ring (bicyclic) bond motifs is 1. The van der Waals surface area contributed by atoms with E-state index in [0.717, 1.165) is 6.07 Å². The van der Waals surface area contributed by atoms with Crippen molar-refractivity contribution in [2.24, 2.45) is 0 Å². The van der Waals surface area contributed by atoms with Gasteiger partial charge in [0.25, 0.3) is 5.91 Å². The van der Waals surface area contributed by atoms with Crippen LogP contribution in [0.5, 0.6) is 0 Å². The Morgan fingerprint density at radius 2 is 1.56 bits per heavy atom. The van der Waals surface area contributed by atoms with Gasteiger partial charge in [0, 0.05) is 26.2 Å². The van der Waals surface area contributed by atoms with Gasteiger partial charge in [-0.05, 0) is 36.4 Å². The predicted molar refractivity (Wildman–Crippen MR) is 116 cm³/mol. The van der Waals surface area contributed by atoms with Gasteiger partial charge in [-0.25, -0.2) is 4.39 Å². The fraction of sp³-hybridized carbons (Fsp3) is 0.217. The molecule has 1 aliphatic heterocycles. The van der Waals surface area contributed by atoms with Crippen LogP contribution in [0.3, 0.4) is 0 Å². The molecule has 1 saturated heterocycles. The molecule has 0 spiro atoms. The van der Waals surface area contributed by atoms with Crippen LogP contribution in [0.15, 0.2) is 60.7 Å². The second-order valence-corrected chi connectivity index (χ2v) is 7.79. The summed E-state index contributed by atoms with van der Waals surface area (Å²) in [6.45, 7) is 1.20. The van der Waals surface area contributed by atoms with Gasteiger partial charge in [0.15, 0.2) is 11.5 Å². The first-order chi connectivity index (χ1) is 16.3. The molecular weight excluding hydrogens is 452 g/mol. The summed E-state index contributed by atoms with van der Waals surface area (Å²) in [5.41, 5.74) is -0.595. The summed E-state index contributed by atoms with van der Waals surface area (Å²) in [6, 6.07) is 14.4. The lowest BCUT2D eigenvalue weighted by molar-refractivity contribution is -0.138. The van der Waals surface area contributed by atoms with Crippen LogP contribution in [0, 0.1) is 5.82 Å². The number of hydrogen-bond donors (Lipinski definition) is 0. The number of benzene rings is 2. The standard InChI is InChI=1S/C23H18F4N6O/c24-18-8-4-2-6-16(18)21-29-28-19-9-10-20(30-33(19)21)31-11-13-32(14-12-31)22(34)15-5-1-3-7-17(15)23(25,26)27/h1-10H,11-14H2. The first-order valence-electron chi connectivity index (χ1n) is 10.5. The van der Waals surface area contributed by atoms with Crippen molar-refractivity contribution in [1.29, 1.82) is 0 Å². The minimum Gasteiger partial charge on any atom is -0.352 e. The Bertz CT molecular complexity index is 1360. The summed E-state index contributed by atoms with van der Waals surface area (Å²) < 4.78 is 55.7. The van der Waals surface area contributed by atoms with E-state index >= 15 is 0 Å². The molecule has 0 unspecified atom stereocenters. The SMILES string of the molecule is O=C(c1ccccc1C(F)(F)F)N1CCN(c2ccc3nnc(-c4ccccc4F)n3n2)CC1. The van der Waals surface area contributed by atoms with Crippen LogP contribution in [-0.2, 0) is 6.18 Å². The molecule has 5 rings (SSSR count). The van der Waals surface area contributed by atoms with Crippen LogP contribution >= 0.6 is 0 Å². The molecule has 0 atom stereocenters. The number of hydrogen-bond acceptors (Lipinski definition) is 5. The zero-order valence-corrected chi connectivity index (χ0v) is 17.7. The van der Waals surface area contributed by atoms with Gasteiger partial charge in [0.1, 0.15) is 11.6 Å². The van der Waals surface area contributed by atoms with Crippen molar-refractivity contribution in [3.63, 3.8) is 0 Å². The van der Waals surface area contributed by atoms with E-state index in [-0.39, 0.29) is 30.0 Å². The van der Waals surface area contributed by atoms with Gasteiger partial charge in [-0.3, -0.25) is 4.79 Å². The smallest absolute Gasteiger partial charge is 0.352 e. The Hall–Kier alpha value is -4.02. The van der Waals surface area contributed by atoms with Crippen molar-refractivity contribution in [3.05, 3.63) is 77.6 Å². The van der Waals surface area contributed by atoms with E-state index in [1.165, 1.54) is 33.7 Å². The molecule has 2 aromatic heterocycles. The van der Waals surface area contributed by atoms with Crippen molar-refractivity contribution in [3.8, 4) is 11.4 Å². The van der Waals surface area contributed by atoms with Crippen molar-refractivity contribution in [1.82, 2.24) is 24.7 Å². The molecule has 2 aromatic carbocycles. The molecule has 1 fully saturated rings. The second-order valence-electron chi connectivity index (χ2n) is 7.79. The van der Waals surface area contributed by atoms with E-state index in [0.29, 0.717) is 24.6 Å². The maximum absolute atomic E-state index is 14.3. The largest absolute Gasteiger partial charge is 0.417 e. The average Bonchev–Trinajstić information content (AvgIpc) is 3.26. The Morgan fingerprint density at radius 3 is 2.29 bits per heavy atom. The molecule has 4 aromatic rings. The fourth-order valence-corrected chi connectivity index (χ4v) is 3.98. The van der Waals surface area contributed by atoms with Crippen molar-refractivity contribution in [2.45, 2.75) is 6.18 Å². The number of nitrogens with zero attached hydrogens (tertiary/aromatic N) is 6. The highest BCUT2D eigenvalue weighted by Crippen LogP contribution is 2.32. The average molecular weight is 470 g/mol. The maximum atomic E-state index is 14.3.